The highest BCUT2D eigenvalue weighted by atomic mass is 19.1. The molecule has 0 aliphatic carbocycles. The van der Waals surface area contributed by atoms with E-state index in [-0.39, 0.29) is 11.7 Å². The number of anilines is 2. The molecule has 2 rings (SSSR count). The summed E-state index contributed by atoms with van der Waals surface area (Å²) in [5.74, 6) is -0.520. The number of rotatable bonds is 7. The molecule has 0 saturated carbocycles. The third kappa shape index (κ3) is 4.55. The largest absolute Gasteiger partial charge is 0.352 e. The van der Waals surface area contributed by atoms with Gasteiger partial charge in [0.2, 0.25) is 0 Å². The average molecular weight is 301 g/mol. The second kappa shape index (κ2) is 8.12. The van der Waals surface area contributed by atoms with Crippen molar-refractivity contribution < 1.29 is 9.18 Å². The number of pyridine rings is 1. The topological polar surface area (TPSA) is 54.0 Å². The van der Waals surface area contributed by atoms with Crippen molar-refractivity contribution in [3.05, 3.63) is 54.1 Å². The Kier molecular flexibility index (Phi) is 5.89. The van der Waals surface area contributed by atoms with Crippen LogP contribution in [0.4, 0.5) is 15.8 Å². The third-order valence-corrected chi connectivity index (χ3v) is 3.21. The zero-order chi connectivity index (χ0) is 15.8. The summed E-state index contributed by atoms with van der Waals surface area (Å²) in [7, 11) is 0. The quantitative estimate of drug-likeness (QED) is 0.763. The Morgan fingerprint density at radius 1 is 1.18 bits per heavy atom. The van der Waals surface area contributed by atoms with E-state index in [9.17, 15) is 9.18 Å². The van der Waals surface area contributed by atoms with Gasteiger partial charge in [0.15, 0.2) is 0 Å². The smallest absolute Gasteiger partial charge is 0.269 e. The van der Waals surface area contributed by atoms with Crippen molar-refractivity contribution in [3.63, 3.8) is 0 Å². The first-order chi connectivity index (χ1) is 10.7. The Morgan fingerprint density at radius 3 is 2.68 bits per heavy atom. The summed E-state index contributed by atoms with van der Waals surface area (Å²) in [4.78, 5) is 16.0. The standard InChI is InChI=1S/C17H20FN3O/c1-2-3-6-11-19-17(22)16-10-9-13(12-20-16)21-15-8-5-4-7-14(15)18/h4-5,7-10,12,21H,2-3,6,11H2,1H3,(H,19,22). The Bertz CT molecular complexity index is 614. The number of nitrogens with zero attached hydrogens (tertiary/aromatic N) is 1. The van der Waals surface area contributed by atoms with Gasteiger partial charge >= 0.3 is 0 Å². The van der Waals surface area contributed by atoms with Crippen molar-refractivity contribution in [3.8, 4) is 0 Å². The summed E-state index contributed by atoms with van der Waals surface area (Å²) < 4.78 is 13.5. The third-order valence-electron chi connectivity index (χ3n) is 3.21. The van der Waals surface area contributed by atoms with Crippen molar-refractivity contribution in [1.82, 2.24) is 10.3 Å². The Morgan fingerprint density at radius 2 is 2.00 bits per heavy atom. The minimum absolute atomic E-state index is 0.187. The predicted octanol–water partition coefficient (Wildman–Crippen LogP) is 3.88. The molecule has 2 aromatic rings. The molecule has 22 heavy (non-hydrogen) atoms. The molecule has 1 amide bonds. The first kappa shape index (κ1) is 15.9. The Hall–Kier alpha value is -2.43. The normalized spacial score (nSPS) is 10.3. The number of carbonyl (C=O) groups is 1. The molecule has 0 atom stereocenters. The van der Waals surface area contributed by atoms with Gasteiger partial charge in [-0.1, -0.05) is 31.9 Å². The van der Waals surface area contributed by atoms with E-state index < -0.39 is 0 Å². The molecule has 1 aromatic carbocycles. The molecule has 1 aromatic heterocycles. The van der Waals surface area contributed by atoms with Gasteiger partial charge in [-0.2, -0.15) is 0 Å². The molecule has 4 nitrogen and oxygen atoms in total. The van der Waals surface area contributed by atoms with Crippen molar-refractivity contribution >= 4 is 17.3 Å². The summed E-state index contributed by atoms with van der Waals surface area (Å²) in [6, 6.07) is 9.73. The van der Waals surface area contributed by atoms with Crippen LogP contribution in [0.5, 0.6) is 0 Å². The number of unbranched alkanes of at least 4 members (excludes halogenated alkanes) is 2. The molecular formula is C17H20FN3O. The van der Waals surface area contributed by atoms with E-state index in [0.29, 0.717) is 23.6 Å². The van der Waals surface area contributed by atoms with Crippen LogP contribution in [0, 0.1) is 5.82 Å². The SMILES string of the molecule is CCCCCNC(=O)c1ccc(Nc2ccccc2F)cn1. The van der Waals surface area contributed by atoms with E-state index in [1.165, 1.54) is 12.3 Å². The molecule has 0 aliphatic heterocycles. The number of halogens is 1. The second-order valence-corrected chi connectivity index (χ2v) is 5.00. The highest BCUT2D eigenvalue weighted by Gasteiger charge is 2.07. The zero-order valence-corrected chi connectivity index (χ0v) is 12.6. The lowest BCUT2D eigenvalue weighted by Crippen LogP contribution is -2.25. The average Bonchev–Trinajstić information content (AvgIpc) is 2.54. The van der Waals surface area contributed by atoms with E-state index in [0.717, 1.165) is 19.3 Å². The molecule has 2 N–H and O–H groups in total. The van der Waals surface area contributed by atoms with Gasteiger partial charge in [0.25, 0.3) is 5.91 Å². The fraction of sp³-hybridized carbons (Fsp3) is 0.294. The number of hydrogen-bond acceptors (Lipinski definition) is 3. The van der Waals surface area contributed by atoms with Crippen LogP contribution in [0.25, 0.3) is 0 Å². The fourth-order valence-corrected chi connectivity index (χ4v) is 1.99. The van der Waals surface area contributed by atoms with Crippen LogP contribution >= 0.6 is 0 Å². The van der Waals surface area contributed by atoms with Crippen LogP contribution in [0.15, 0.2) is 42.6 Å². The van der Waals surface area contributed by atoms with Crippen molar-refractivity contribution in [1.29, 1.82) is 0 Å². The van der Waals surface area contributed by atoms with Gasteiger partial charge in [-0.15, -0.1) is 0 Å². The van der Waals surface area contributed by atoms with Gasteiger partial charge in [0, 0.05) is 6.54 Å². The monoisotopic (exact) mass is 301 g/mol. The summed E-state index contributed by atoms with van der Waals surface area (Å²) in [5.41, 5.74) is 1.37. The number of carbonyl (C=O) groups excluding carboxylic acids is 1. The highest BCUT2D eigenvalue weighted by molar-refractivity contribution is 5.92. The molecule has 0 unspecified atom stereocenters. The van der Waals surface area contributed by atoms with Gasteiger partial charge in [-0.25, -0.2) is 9.37 Å². The van der Waals surface area contributed by atoms with Gasteiger partial charge in [-0.05, 0) is 30.7 Å². The van der Waals surface area contributed by atoms with Gasteiger partial charge in [0.1, 0.15) is 11.5 Å². The van der Waals surface area contributed by atoms with Crippen LogP contribution in [-0.4, -0.2) is 17.4 Å². The molecule has 0 fully saturated rings. The van der Waals surface area contributed by atoms with Crippen LogP contribution in [-0.2, 0) is 0 Å². The van der Waals surface area contributed by atoms with E-state index in [1.807, 2.05) is 0 Å². The number of para-hydroxylation sites is 1. The lowest BCUT2D eigenvalue weighted by Gasteiger charge is -2.08. The summed E-state index contributed by atoms with van der Waals surface area (Å²) >= 11 is 0. The first-order valence-electron chi connectivity index (χ1n) is 7.46. The number of nitrogens with one attached hydrogen (secondary N) is 2. The van der Waals surface area contributed by atoms with Crippen molar-refractivity contribution in [2.24, 2.45) is 0 Å². The van der Waals surface area contributed by atoms with Gasteiger partial charge in [0.05, 0.1) is 17.6 Å². The lowest BCUT2D eigenvalue weighted by atomic mass is 10.2. The van der Waals surface area contributed by atoms with Crippen molar-refractivity contribution in [2.45, 2.75) is 26.2 Å². The highest BCUT2D eigenvalue weighted by Crippen LogP contribution is 2.18. The van der Waals surface area contributed by atoms with Crippen molar-refractivity contribution in [2.75, 3.05) is 11.9 Å². The van der Waals surface area contributed by atoms with Crippen LogP contribution < -0.4 is 10.6 Å². The Labute approximate surface area is 129 Å². The predicted molar refractivity (Wildman–Crippen MR) is 85.8 cm³/mol. The molecule has 0 aliphatic rings. The minimum atomic E-state index is -0.333. The van der Waals surface area contributed by atoms with E-state index in [2.05, 4.69) is 22.5 Å². The van der Waals surface area contributed by atoms with E-state index in [4.69, 9.17) is 0 Å². The maximum Gasteiger partial charge on any atom is 0.269 e. The molecule has 0 spiro atoms. The van der Waals surface area contributed by atoms with Gasteiger partial charge in [-0.3, -0.25) is 4.79 Å². The maximum absolute atomic E-state index is 13.5. The molecule has 0 bridgehead atoms. The molecule has 1 heterocycles. The summed E-state index contributed by atoms with van der Waals surface area (Å²) in [6.45, 7) is 2.77. The number of benzene rings is 1. The van der Waals surface area contributed by atoms with Crippen LogP contribution in [0.2, 0.25) is 0 Å². The minimum Gasteiger partial charge on any atom is -0.352 e. The van der Waals surface area contributed by atoms with Crippen LogP contribution in [0.3, 0.4) is 0 Å². The summed E-state index contributed by atoms with van der Waals surface area (Å²) in [5, 5.41) is 5.76. The molecule has 116 valence electrons. The van der Waals surface area contributed by atoms with Gasteiger partial charge < -0.3 is 10.6 Å². The maximum atomic E-state index is 13.5. The Balaban J connectivity index is 1.92. The zero-order valence-electron chi connectivity index (χ0n) is 12.6. The lowest BCUT2D eigenvalue weighted by molar-refractivity contribution is 0.0948. The van der Waals surface area contributed by atoms with E-state index in [1.54, 1.807) is 30.3 Å². The van der Waals surface area contributed by atoms with Crippen LogP contribution in [0.1, 0.15) is 36.7 Å². The first-order valence-corrected chi connectivity index (χ1v) is 7.46. The molecule has 0 radical (unpaired) electrons. The molecular weight excluding hydrogens is 281 g/mol. The fourth-order valence-electron chi connectivity index (χ4n) is 1.99. The second-order valence-electron chi connectivity index (χ2n) is 5.00. The molecule has 5 heteroatoms. The number of hydrogen-bond donors (Lipinski definition) is 2. The molecule has 0 saturated heterocycles. The number of aromatic nitrogens is 1. The van der Waals surface area contributed by atoms with E-state index >= 15 is 0 Å². The number of amides is 1. The summed E-state index contributed by atoms with van der Waals surface area (Å²) in [6.07, 6.45) is 4.70.